The molecule has 0 aromatic heterocycles. The summed E-state index contributed by atoms with van der Waals surface area (Å²) < 4.78 is 5.69. The first-order valence-electron chi connectivity index (χ1n) is 5.52. The van der Waals surface area contributed by atoms with Crippen LogP contribution in [-0.2, 0) is 5.41 Å². The number of benzene rings is 1. The summed E-state index contributed by atoms with van der Waals surface area (Å²) in [4.78, 5) is 0. The standard InChI is InChI=1S/C14H19NO/c1-10-7-6-8-12(14(3,4)5)13(10)16-11(2)9-15/h6-8,11H,1-5H3. The van der Waals surface area contributed by atoms with Crippen molar-refractivity contribution in [1.82, 2.24) is 0 Å². The summed E-state index contributed by atoms with van der Waals surface area (Å²) in [6, 6.07) is 8.20. The quantitative estimate of drug-likeness (QED) is 0.758. The van der Waals surface area contributed by atoms with E-state index in [9.17, 15) is 0 Å². The molecular formula is C14H19NO. The Morgan fingerprint density at radius 2 is 1.94 bits per heavy atom. The molecule has 2 nitrogen and oxygen atoms in total. The predicted molar refractivity (Wildman–Crippen MR) is 65.6 cm³/mol. The van der Waals surface area contributed by atoms with Crippen LogP contribution in [0.3, 0.4) is 0 Å². The van der Waals surface area contributed by atoms with Crippen molar-refractivity contribution in [1.29, 1.82) is 5.26 Å². The Kier molecular flexibility index (Phi) is 3.59. The van der Waals surface area contributed by atoms with Gasteiger partial charge >= 0.3 is 0 Å². The molecule has 0 aliphatic rings. The lowest BCUT2D eigenvalue weighted by molar-refractivity contribution is 0.267. The van der Waals surface area contributed by atoms with Gasteiger partial charge in [-0.1, -0.05) is 39.0 Å². The molecular weight excluding hydrogens is 198 g/mol. The molecule has 0 fully saturated rings. The molecule has 0 aliphatic carbocycles. The Labute approximate surface area is 97.9 Å². The normalized spacial score (nSPS) is 13.0. The third-order valence-electron chi connectivity index (χ3n) is 2.50. The third-order valence-corrected chi connectivity index (χ3v) is 2.50. The maximum atomic E-state index is 8.81. The maximum Gasteiger partial charge on any atom is 0.181 e. The van der Waals surface area contributed by atoms with E-state index in [1.54, 1.807) is 6.92 Å². The zero-order chi connectivity index (χ0) is 12.3. The molecule has 0 heterocycles. The second-order valence-corrected chi connectivity index (χ2v) is 5.09. The van der Waals surface area contributed by atoms with E-state index in [0.29, 0.717) is 0 Å². The van der Waals surface area contributed by atoms with Crippen LogP contribution < -0.4 is 4.74 Å². The molecule has 0 radical (unpaired) electrons. The second-order valence-electron chi connectivity index (χ2n) is 5.09. The van der Waals surface area contributed by atoms with E-state index in [1.807, 2.05) is 19.1 Å². The highest BCUT2D eigenvalue weighted by Crippen LogP contribution is 2.34. The van der Waals surface area contributed by atoms with Crippen molar-refractivity contribution in [3.8, 4) is 11.8 Å². The summed E-state index contributed by atoms with van der Waals surface area (Å²) in [6.45, 7) is 10.2. The van der Waals surface area contributed by atoms with Crippen LogP contribution in [0.15, 0.2) is 18.2 Å². The zero-order valence-electron chi connectivity index (χ0n) is 10.7. The number of ether oxygens (including phenoxy) is 1. The average Bonchev–Trinajstić information content (AvgIpc) is 2.19. The van der Waals surface area contributed by atoms with E-state index in [4.69, 9.17) is 10.00 Å². The van der Waals surface area contributed by atoms with Crippen molar-refractivity contribution in [2.45, 2.75) is 46.1 Å². The average molecular weight is 217 g/mol. The first kappa shape index (κ1) is 12.6. The summed E-state index contributed by atoms with van der Waals surface area (Å²) >= 11 is 0. The number of para-hydroxylation sites is 1. The van der Waals surface area contributed by atoms with Crippen LogP contribution in [0.25, 0.3) is 0 Å². The molecule has 1 aromatic carbocycles. The highest BCUT2D eigenvalue weighted by molar-refractivity contribution is 5.44. The van der Waals surface area contributed by atoms with Crippen LogP contribution in [0.1, 0.15) is 38.8 Å². The monoisotopic (exact) mass is 217 g/mol. The van der Waals surface area contributed by atoms with Crippen molar-refractivity contribution in [3.63, 3.8) is 0 Å². The molecule has 0 amide bonds. The van der Waals surface area contributed by atoms with Gasteiger partial charge in [-0.2, -0.15) is 5.26 Å². The van der Waals surface area contributed by atoms with Gasteiger partial charge in [0.1, 0.15) is 11.8 Å². The molecule has 86 valence electrons. The summed E-state index contributed by atoms with van der Waals surface area (Å²) in [5.74, 6) is 0.851. The van der Waals surface area contributed by atoms with Gasteiger partial charge in [0.05, 0.1) is 0 Å². The number of hydrogen-bond acceptors (Lipinski definition) is 2. The van der Waals surface area contributed by atoms with Gasteiger partial charge < -0.3 is 4.74 Å². The summed E-state index contributed by atoms with van der Waals surface area (Å²) in [5.41, 5.74) is 2.25. The Morgan fingerprint density at radius 3 is 2.44 bits per heavy atom. The Hall–Kier alpha value is -1.49. The number of rotatable bonds is 2. The van der Waals surface area contributed by atoms with E-state index in [1.165, 1.54) is 0 Å². The summed E-state index contributed by atoms with van der Waals surface area (Å²) in [5, 5.41) is 8.81. The topological polar surface area (TPSA) is 33.0 Å². The van der Waals surface area contributed by atoms with Crippen molar-refractivity contribution in [3.05, 3.63) is 29.3 Å². The molecule has 0 N–H and O–H groups in total. The van der Waals surface area contributed by atoms with Crippen molar-refractivity contribution >= 4 is 0 Å². The highest BCUT2D eigenvalue weighted by atomic mass is 16.5. The SMILES string of the molecule is Cc1cccc(C(C)(C)C)c1OC(C)C#N. The van der Waals surface area contributed by atoms with Gasteiger partial charge in [-0.3, -0.25) is 0 Å². The fraction of sp³-hybridized carbons (Fsp3) is 0.500. The molecule has 1 unspecified atom stereocenters. The summed E-state index contributed by atoms with van der Waals surface area (Å²) in [6.07, 6.45) is -0.415. The van der Waals surface area contributed by atoms with Crippen LogP contribution in [0.2, 0.25) is 0 Å². The minimum absolute atomic E-state index is 0.0243. The van der Waals surface area contributed by atoms with Crippen LogP contribution in [0.5, 0.6) is 5.75 Å². The molecule has 1 aromatic rings. The van der Waals surface area contributed by atoms with Crippen LogP contribution in [0.4, 0.5) is 0 Å². The predicted octanol–water partition coefficient (Wildman–Crippen LogP) is 3.58. The van der Waals surface area contributed by atoms with Gasteiger partial charge in [-0.15, -0.1) is 0 Å². The first-order chi connectivity index (χ1) is 7.36. The van der Waals surface area contributed by atoms with Crippen LogP contribution >= 0.6 is 0 Å². The lowest BCUT2D eigenvalue weighted by Crippen LogP contribution is -2.17. The Balaban J connectivity index is 3.20. The molecule has 0 spiro atoms. The minimum atomic E-state index is -0.415. The molecule has 0 aliphatic heterocycles. The van der Waals surface area contributed by atoms with Crippen molar-refractivity contribution in [2.75, 3.05) is 0 Å². The van der Waals surface area contributed by atoms with Gasteiger partial charge in [0.2, 0.25) is 0 Å². The van der Waals surface area contributed by atoms with Crippen LogP contribution in [0, 0.1) is 18.3 Å². The second kappa shape index (κ2) is 4.57. The molecule has 0 saturated carbocycles. The highest BCUT2D eigenvalue weighted by Gasteiger charge is 2.21. The lowest BCUT2D eigenvalue weighted by Gasteiger charge is -2.24. The number of nitrogens with zero attached hydrogens (tertiary/aromatic N) is 1. The Bertz CT molecular complexity index is 410. The van der Waals surface area contributed by atoms with Crippen molar-refractivity contribution in [2.24, 2.45) is 0 Å². The first-order valence-corrected chi connectivity index (χ1v) is 5.52. The third kappa shape index (κ3) is 2.76. The zero-order valence-corrected chi connectivity index (χ0v) is 10.7. The fourth-order valence-corrected chi connectivity index (χ4v) is 1.60. The van der Waals surface area contributed by atoms with Crippen molar-refractivity contribution < 1.29 is 4.74 Å². The fourth-order valence-electron chi connectivity index (χ4n) is 1.60. The Morgan fingerprint density at radius 1 is 1.31 bits per heavy atom. The largest absolute Gasteiger partial charge is 0.475 e. The number of nitriles is 1. The van der Waals surface area contributed by atoms with E-state index < -0.39 is 6.10 Å². The minimum Gasteiger partial charge on any atom is -0.475 e. The van der Waals surface area contributed by atoms with Gasteiger partial charge in [-0.25, -0.2) is 0 Å². The van der Waals surface area contributed by atoms with E-state index >= 15 is 0 Å². The molecule has 16 heavy (non-hydrogen) atoms. The van der Waals surface area contributed by atoms with Gasteiger partial charge in [0.25, 0.3) is 0 Å². The van der Waals surface area contributed by atoms with E-state index in [-0.39, 0.29) is 5.41 Å². The molecule has 1 atom stereocenters. The molecule has 0 bridgehead atoms. The molecule has 1 rings (SSSR count). The summed E-state index contributed by atoms with van der Waals surface area (Å²) in [7, 11) is 0. The van der Waals surface area contributed by atoms with Gasteiger partial charge in [0.15, 0.2) is 6.10 Å². The van der Waals surface area contributed by atoms with E-state index in [2.05, 4.69) is 32.9 Å². The van der Waals surface area contributed by atoms with Gasteiger partial charge in [0, 0.05) is 0 Å². The molecule has 0 saturated heterocycles. The molecule has 2 heteroatoms. The van der Waals surface area contributed by atoms with E-state index in [0.717, 1.165) is 16.9 Å². The number of aryl methyl sites for hydroxylation is 1. The number of hydrogen-bond donors (Lipinski definition) is 0. The smallest absolute Gasteiger partial charge is 0.181 e. The van der Waals surface area contributed by atoms with Gasteiger partial charge in [-0.05, 0) is 30.4 Å². The maximum absolute atomic E-state index is 8.81. The van der Waals surface area contributed by atoms with Crippen LogP contribution in [-0.4, -0.2) is 6.10 Å². The lowest BCUT2D eigenvalue weighted by atomic mass is 9.85.